The third-order valence-corrected chi connectivity index (χ3v) is 6.12. The highest BCUT2D eigenvalue weighted by Gasteiger charge is 2.17. The van der Waals surface area contributed by atoms with Crippen LogP contribution in [-0.2, 0) is 11.8 Å². The summed E-state index contributed by atoms with van der Waals surface area (Å²) >= 11 is 1.29. The van der Waals surface area contributed by atoms with Crippen molar-refractivity contribution >= 4 is 23.4 Å². The van der Waals surface area contributed by atoms with Gasteiger partial charge in [0.15, 0.2) is 11.0 Å². The summed E-state index contributed by atoms with van der Waals surface area (Å²) < 4.78 is 16.8. The Morgan fingerprint density at radius 3 is 2.41 bits per heavy atom. The molecule has 4 aromatic rings. The van der Waals surface area contributed by atoms with Gasteiger partial charge in [0, 0.05) is 12.6 Å². The van der Waals surface area contributed by atoms with Gasteiger partial charge in [-0.15, -0.1) is 10.2 Å². The van der Waals surface area contributed by atoms with Gasteiger partial charge < -0.3 is 9.88 Å². The summed E-state index contributed by atoms with van der Waals surface area (Å²) in [6.45, 7) is 5.84. The average Bonchev–Trinajstić information content (AvgIpc) is 3.28. The van der Waals surface area contributed by atoms with Crippen molar-refractivity contribution in [3.05, 3.63) is 71.3 Å². The quantitative estimate of drug-likeness (QED) is 0.439. The van der Waals surface area contributed by atoms with E-state index in [2.05, 4.69) is 20.6 Å². The number of hydrogen-bond donors (Lipinski definition) is 1. The number of aryl methyl sites for hydroxylation is 2. The highest BCUT2D eigenvalue weighted by molar-refractivity contribution is 7.99. The molecular formula is C23H23FN6OS. The zero-order chi connectivity index (χ0) is 22.8. The van der Waals surface area contributed by atoms with Gasteiger partial charge in [0.05, 0.1) is 28.5 Å². The summed E-state index contributed by atoms with van der Waals surface area (Å²) in [5, 5.41) is 16.5. The molecule has 2 aromatic carbocycles. The molecule has 0 unspecified atom stereocenters. The summed E-state index contributed by atoms with van der Waals surface area (Å²) in [5.74, 6) is 0.317. The summed E-state index contributed by atoms with van der Waals surface area (Å²) in [6, 6.07) is 14.1. The molecule has 1 amide bonds. The smallest absolute Gasteiger partial charge is 0.234 e. The van der Waals surface area contributed by atoms with Gasteiger partial charge in [0.2, 0.25) is 5.91 Å². The van der Waals surface area contributed by atoms with Crippen molar-refractivity contribution in [1.29, 1.82) is 0 Å². The monoisotopic (exact) mass is 450 g/mol. The van der Waals surface area contributed by atoms with Crippen molar-refractivity contribution < 1.29 is 9.18 Å². The molecule has 0 spiro atoms. The van der Waals surface area contributed by atoms with Crippen molar-refractivity contribution in [2.75, 3.05) is 11.1 Å². The van der Waals surface area contributed by atoms with Crippen LogP contribution in [-0.4, -0.2) is 36.2 Å². The van der Waals surface area contributed by atoms with Crippen LogP contribution in [0.1, 0.15) is 17.0 Å². The molecule has 4 rings (SSSR count). The second-order valence-electron chi connectivity index (χ2n) is 7.50. The predicted octanol–water partition coefficient (Wildman–Crippen LogP) is 4.46. The molecule has 2 heterocycles. The zero-order valence-corrected chi connectivity index (χ0v) is 19.1. The second-order valence-corrected chi connectivity index (χ2v) is 8.44. The van der Waals surface area contributed by atoms with Crippen LogP contribution in [0.4, 0.5) is 10.1 Å². The molecule has 0 bridgehead atoms. The lowest BCUT2D eigenvalue weighted by molar-refractivity contribution is -0.113. The fourth-order valence-corrected chi connectivity index (χ4v) is 4.07. The maximum atomic E-state index is 13.2. The first-order chi connectivity index (χ1) is 15.3. The van der Waals surface area contributed by atoms with Gasteiger partial charge >= 0.3 is 0 Å². The van der Waals surface area contributed by atoms with Crippen LogP contribution < -0.4 is 5.32 Å². The Balaban J connectivity index is 1.44. The van der Waals surface area contributed by atoms with E-state index in [1.165, 1.54) is 29.5 Å². The van der Waals surface area contributed by atoms with Gasteiger partial charge in [0.1, 0.15) is 5.82 Å². The Kier molecular flexibility index (Phi) is 6.09. The Morgan fingerprint density at radius 1 is 1.03 bits per heavy atom. The molecule has 9 heteroatoms. The van der Waals surface area contributed by atoms with Crippen LogP contribution in [0.5, 0.6) is 0 Å². The number of carbonyl (C=O) groups is 1. The lowest BCUT2D eigenvalue weighted by Gasteiger charge is -2.08. The number of aromatic nitrogens is 5. The molecule has 0 aliphatic rings. The standard InChI is InChI=1S/C23H23FN6OS/c1-14-5-11-19(12-6-14)30-16(3)21(15(2)28-30)25-20(31)13-32-23-27-26-22(29(23)4)17-7-9-18(24)10-8-17/h5-12H,13H2,1-4H3,(H,25,31). The zero-order valence-electron chi connectivity index (χ0n) is 18.3. The van der Waals surface area contributed by atoms with Gasteiger partial charge in [0.25, 0.3) is 0 Å². The third-order valence-electron chi connectivity index (χ3n) is 5.10. The molecule has 32 heavy (non-hydrogen) atoms. The fraction of sp³-hybridized carbons (Fsp3) is 0.217. The van der Waals surface area contributed by atoms with E-state index < -0.39 is 0 Å². The number of rotatable bonds is 6. The SMILES string of the molecule is Cc1ccc(-n2nc(C)c(NC(=O)CSc3nnc(-c4ccc(F)cc4)n3C)c2C)cc1. The van der Waals surface area contributed by atoms with Crippen LogP contribution >= 0.6 is 11.8 Å². The molecule has 0 saturated carbocycles. The lowest BCUT2D eigenvalue weighted by Crippen LogP contribution is -2.15. The van der Waals surface area contributed by atoms with E-state index in [1.54, 1.807) is 16.7 Å². The average molecular weight is 451 g/mol. The largest absolute Gasteiger partial charge is 0.322 e. The summed E-state index contributed by atoms with van der Waals surface area (Å²) in [6.07, 6.45) is 0. The van der Waals surface area contributed by atoms with Crippen molar-refractivity contribution in [2.24, 2.45) is 7.05 Å². The normalized spacial score (nSPS) is 11.0. The van der Waals surface area contributed by atoms with Crippen LogP contribution in [0.3, 0.4) is 0 Å². The highest BCUT2D eigenvalue weighted by atomic mass is 32.2. The first-order valence-electron chi connectivity index (χ1n) is 10.0. The number of carbonyl (C=O) groups excluding carboxylic acids is 1. The Hall–Kier alpha value is -3.46. The Labute approximate surface area is 189 Å². The fourth-order valence-electron chi connectivity index (χ4n) is 3.36. The van der Waals surface area contributed by atoms with E-state index in [0.717, 1.165) is 22.6 Å². The molecule has 0 aliphatic heterocycles. The molecule has 7 nitrogen and oxygen atoms in total. The molecular weight excluding hydrogens is 427 g/mol. The first kappa shape index (κ1) is 21.8. The van der Waals surface area contributed by atoms with Gasteiger partial charge in [-0.3, -0.25) is 4.79 Å². The Bertz CT molecular complexity index is 1260. The van der Waals surface area contributed by atoms with E-state index >= 15 is 0 Å². The number of amides is 1. The predicted molar refractivity (Wildman–Crippen MR) is 124 cm³/mol. The van der Waals surface area contributed by atoms with Gasteiger partial charge in [-0.05, 0) is 57.2 Å². The van der Waals surface area contributed by atoms with E-state index in [1.807, 2.05) is 56.8 Å². The first-order valence-corrected chi connectivity index (χ1v) is 11.0. The number of halogens is 1. The topological polar surface area (TPSA) is 77.6 Å². The number of nitrogens with one attached hydrogen (secondary N) is 1. The van der Waals surface area contributed by atoms with Crippen LogP contribution in [0.25, 0.3) is 17.1 Å². The van der Waals surface area contributed by atoms with Crippen molar-refractivity contribution in [3.63, 3.8) is 0 Å². The maximum absolute atomic E-state index is 13.2. The minimum Gasteiger partial charge on any atom is -0.322 e. The number of anilines is 1. The summed E-state index contributed by atoms with van der Waals surface area (Å²) in [7, 11) is 1.82. The molecule has 0 aliphatic carbocycles. The second kappa shape index (κ2) is 8.96. The van der Waals surface area contributed by atoms with Crippen molar-refractivity contribution in [3.8, 4) is 17.1 Å². The minimum atomic E-state index is -0.307. The summed E-state index contributed by atoms with van der Waals surface area (Å²) in [4.78, 5) is 12.6. The van der Waals surface area contributed by atoms with Crippen LogP contribution in [0.15, 0.2) is 53.7 Å². The van der Waals surface area contributed by atoms with Crippen LogP contribution in [0, 0.1) is 26.6 Å². The van der Waals surface area contributed by atoms with E-state index in [0.29, 0.717) is 16.7 Å². The molecule has 0 fully saturated rings. The number of benzene rings is 2. The molecule has 0 saturated heterocycles. The van der Waals surface area contributed by atoms with Crippen molar-refractivity contribution in [1.82, 2.24) is 24.5 Å². The van der Waals surface area contributed by atoms with Gasteiger partial charge in [-0.25, -0.2) is 9.07 Å². The van der Waals surface area contributed by atoms with Gasteiger partial charge in [-0.2, -0.15) is 5.10 Å². The van der Waals surface area contributed by atoms with E-state index in [-0.39, 0.29) is 17.5 Å². The van der Waals surface area contributed by atoms with Crippen molar-refractivity contribution in [2.45, 2.75) is 25.9 Å². The lowest BCUT2D eigenvalue weighted by atomic mass is 10.2. The third kappa shape index (κ3) is 4.43. The molecule has 0 radical (unpaired) electrons. The Morgan fingerprint density at radius 2 is 1.72 bits per heavy atom. The maximum Gasteiger partial charge on any atom is 0.234 e. The minimum absolute atomic E-state index is 0.156. The molecule has 164 valence electrons. The molecule has 0 atom stereocenters. The number of nitrogens with zero attached hydrogens (tertiary/aromatic N) is 5. The molecule has 1 N–H and O–H groups in total. The van der Waals surface area contributed by atoms with Crippen LogP contribution in [0.2, 0.25) is 0 Å². The number of thioether (sulfide) groups is 1. The molecule has 2 aromatic heterocycles. The van der Waals surface area contributed by atoms with E-state index in [9.17, 15) is 9.18 Å². The highest BCUT2D eigenvalue weighted by Crippen LogP contribution is 2.25. The van der Waals surface area contributed by atoms with Gasteiger partial charge in [-0.1, -0.05) is 29.5 Å². The van der Waals surface area contributed by atoms with E-state index in [4.69, 9.17) is 0 Å². The number of hydrogen-bond acceptors (Lipinski definition) is 5. The summed E-state index contributed by atoms with van der Waals surface area (Å²) in [5.41, 5.74) is 5.19.